The van der Waals surface area contributed by atoms with E-state index < -0.39 is 41.4 Å². The lowest BCUT2D eigenvalue weighted by molar-refractivity contribution is -0.141. The molecule has 4 heterocycles. The lowest BCUT2D eigenvalue weighted by Gasteiger charge is -2.30. The van der Waals surface area contributed by atoms with Crippen LogP contribution in [0, 0.1) is 12.8 Å². The summed E-state index contributed by atoms with van der Waals surface area (Å²) < 4.78 is 13.7. The minimum absolute atomic E-state index is 0.131. The highest BCUT2D eigenvalue weighted by Gasteiger charge is 2.29. The predicted octanol–water partition coefficient (Wildman–Crippen LogP) is 3.24. The minimum atomic E-state index is -1.15. The van der Waals surface area contributed by atoms with Gasteiger partial charge in [-0.15, -0.1) is 11.3 Å². The highest BCUT2D eigenvalue weighted by molar-refractivity contribution is 7.19. The molecule has 1 fully saturated rings. The Morgan fingerprint density at radius 2 is 1.85 bits per heavy atom. The van der Waals surface area contributed by atoms with Gasteiger partial charge in [-0.1, -0.05) is 37.3 Å². The van der Waals surface area contributed by atoms with E-state index in [1.54, 1.807) is 31.2 Å². The van der Waals surface area contributed by atoms with E-state index in [-0.39, 0.29) is 24.4 Å². The molecule has 1 saturated heterocycles. The number of aromatic nitrogens is 3. The number of aryl methyl sites for hydroxylation is 1. The van der Waals surface area contributed by atoms with Crippen LogP contribution in [-0.2, 0) is 22.6 Å². The number of aliphatic carboxylic acids is 1. The van der Waals surface area contributed by atoms with Crippen molar-refractivity contribution in [3.63, 3.8) is 0 Å². The minimum Gasteiger partial charge on any atom is -0.481 e. The molecule has 0 aliphatic carbocycles. The van der Waals surface area contributed by atoms with Crippen LogP contribution in [0.2, 0.25) is 0 Å². The Morgan fingerprint density at radius 3 is 2.49 bits per heavy atom. The third-order valence-corrected chi connectivity index (χ3v) is 8.37. The predicted molar refractivity (Wildman–Crippen MR) is 150 cm³/mol. The first-order valence-electron chi connectivity index (χ1n) is 13.2. The van der Waals surface area contributed by atoms with Crippen LogP contribution >= 0.6 is 11.3 Å². The maximum absolute atomic E-state index is 13.9. The Hall–Kier alpha value is -4.23. The number of carboxylic acids is 1. The summed E-state index contributed by atoms with van der Waals surface area (Å²) in [4.78, 5) is 59.2. The third-order valence-electron chi connectivity index (χ3n) is 7.24. The van der Waals surface area contributed by atoms with Crippen LogP contribution in [0.3, 0.4) is 0 Å². The fraction of sp³-hybridized carbons (Fsp3) is 0.393. The highest BCUT2D eigenvalue weighted by atomic mass is 32.1. The number of benzene rings is 1. The summed E-state index contributed by atoms with van der Waals surface area (Å²) in [5.74, 6) is -1.97. The second-order valence-electron chi connectivity index (χ2n) is 10.1. The number of piperidine rings is 1. The maximum Gasteiger partial charge on any atom is 0.410 e. The SMILES string of the molecule is Cc1sc2c(c1-c1ncco1)c(=O)n(CC(C)C(=O)O)c(=O)n2C[C@H](OC(=O)N1CCC(O)CC1)c1ccccc1. The van der Waals surface area contributed by atoms with E-state index >= 15 is 0 Å². The van der Waals surface area contributed by atoms with Gasteiger partial charge in [0.15, 0.2) is 0 Å². The quantitative estimate of drug-likeness (QED) is 0.318. The number of ether oxygens (including phenoxy) is 1. The number of carbonyl (C=O) groups is 2. The van der Waals surface area contributed by atoms with Gasteiger partial charge in [0.05, 0.1) is 35.7 Å². The van der Waals surface area contributed by atoms with Crippen molar-refractivity contribution in [2.24, 2.45) is 5.92 Å². The van der Waals surface area contributed by atoms with Gasteiger partial charge in [0.1, 0.15) is 17.2 Å². The molecule has 0 spiro atoms. The van der Waals surface area contributed by atoms with Crippen molar-refractivity contribution >= 4 is 33.6 Å². The van der Waals surface area contributed by atoms with Gasteiger partial charge in [0.25, 0.3) is 5.56 Å². The molecule has 1 amide bonds. The number of hydrogen-bond acceptors (Lipinski definition) is 9. The molecule has 1 aromatic carbocycles. The van der Waals surface area contributed by atoms with E-state index in [4.69, 9.17) is 9.15 Å². The van der Waals surface area contributed by atoms with Gasteiger partial charge >= 0.3 is 17.8 Å². The van der Waals surface area contributed by atoms with E-state index in [9.17, 15) is 29.4 Å². The van der Waals surface area contributed by atoms with Gasteiger partial charge < -0.3 is 24.3 Å². The van der Waals surface area contributed by atoms with Gasteiger partial charge in [-0.2, -0.15) is 0 Å². The summed E-state index contributed by atoms with van der Waals surface area (Å²) in [6.45, 7) is 3.40. The number of oxazole rings is 1. The van der Waals surface area contributed by atoms with Crippen molar-refractivity contribution in [3.05, 3.63) is 74.1 Å². The number of likely N-dealkylation sites (tertiary alicyclic amines) is 1. The molecule has 1 unspecified atom stereocenters. The van der Waals surface area contributed by atoms with Crippen LogP contribution in [-0.4, -0.2) is 60.5 Å². The van der Waals surface area contributed by atoms with Crippen molar-refractivity contribution in [2.45, 2.75) is 52.0 Å². The maximum atomic E-state index is 13.9. The zero-order valence-electron chi connectivity index (χ0n) is 22.6. The molecular formula is C28H30N4O8S. The summed E-state index contributed by atoms with van der Waals surface area (Å²) in [6, 6.07) is 8.95. The molecule has 4 aromatic rings. The number of aliphatic hydroxyl groups is 1. The average molecular weight is 583 g/mol. The molecule has 2 atom stereocenters. The van der Waals surface area contributed by atoms with Gasteiger partial charge in [-0.25, -0.2) is 14.6 Å². The molecular weight excluding hydrogens is 552 g/mol. The summed E-state index contributed by atoms with van der Waals surface area (Å²) in [7, 11) is 0. The molecule has 0 radical (unpaired) electrons. The van der Waals surface area contributed by atoms with E-state index in [0.717, 1.165) is 4.57 Å². The van der Waals surface area contributed by atoms with Gasteiger partial charge in [-0.3, -0.25) is 18.7 Å². The zero-order chi connectivity index (χ0) is 29.3. The van der Waals surface area contributed by atoms with Gasteiger partial charge in [0, 0.05) is 24.5 Å². The Labute approximate surface area is 238 Å². The molecule has 0 bridgehead atoms. The molecule has 5 rings (SSSR count). The molecule has 1 aliphatic heterocycles. The van der Waals surface area contributed by atoms with Crippen molar-refractivity contribution in [1.82, 2.24) is 19.0 Å². The van der Waals surface area contributed by atoms with E-state index in [0.29, 0.717) is 46.8 Å². The first-order chi connectivity index (χ1) is 19.7. The first kappa shape index (κ1) is 28.3. The summed E-state index contributed by atoms with van der Waals surface area (Å²) in [5, 5.41) is 19.5. The lowest BCUT2D eigenvalue weighted by Crippen LogP contribution is -2.43. The second-order valence-corrected chi connectivity index (χ2v) is 11.3. The number of amides is 1. The van der Waals surface area contributed by atoms with Crippen LogP contribution in [0.15, 0.2) is 56.8 Å². The smallest absolute Gasteiger partial charge is 0.410 e. The second kappa shape index (κ2) is 11.7. The molecule has 13 heteroatoms. The van der Waals surface area contributed by atoms with Crippen LogP contribution < -0.4 is 11.2 Å². The van der Waals surface area contributed by atoms with Crippen LogP contribution in [0.25, 0.3) is 21.7 Å². The van der Waals surface area contributed by atoms with Gasteiger partial charge in [0.2, 0.25) is 5.89 Å². The molecule has 1 aliphatic rings. The number of thiophene rings is 1. The molecule has 12 nitrogen and oxygen atoms in total. The van der Waals surface area contributed by atoms with Crippen LogP contribution in [0.5, 0.6) is 0 Å². The van der Waals surface area contributed by atoms with E-state index in [1.807, 2.05) is 6.07 Å². The molecule has 3 aromatic heterocycles. The van der Waals surface area contributed by atoms with Crippen molar-refractivity contribution < 1.29 is 29.0 Å². The lowest BCUT2D eigenvalue weighted by atomic mass is 10.1. The topological polar surface area (TPSA) is 157 Å². The Balaban J connectivity index is 1.64. The third kappa shape index (κ3) is 5.68. The van der Waals surface area contributed by atoms with Gasteiger partial charge in [-0.05, 0) is 25.3 Å². The van der Waals surface area contributed by atoms with Crippen molar-refractivity contribution in [1.29, 1.82) is 0 Å². The molecule has 2 N–H and O–H groups in total. The Morgan fingerprint density at radius 1 is 1.15 bits per heavy atom. The number of aliphatic hydroxyl groups excluding tert-OH is 1. The molecule has 216 valence electrons. The normalized spacial score (nSPS) is 15.6. The number of carboxylic acid groups (broad SMARTS) is 1. The fourth-order valence-electron chi connectivity index (χ4n) is 4.94. The molecule has 0 saturated carbocycles. The monoisotopic (exact) mass is 582 g/mol. The Bertz CT molecular complexity index is 1670. The number of fused-ring (bicyclic) bond motifs is 1. The average Bonchev–Trinajstić information content (AvgIpc) is 3.61. The summed E-state index contributed by atoms with van der Waals surface area (Å²) in [5.41, 5.74) is -0.303. The van der Waals surface area contributed by atoms with Crippen LogP contribution in [0.1, 0.15) is 36.3 Å². The standard InChI is InChI=1S/C28H30N4O8S/c1-16(26(35)36)14-31-24(34)22-21(23-29-10-13-39-23)17(2)41-25(22)32(27(31)37)15-20(18-6-4-3-5-7-18)40-28(38)30-11-8-19(33)9-12-30/h3-7,10,13,16,19-20,33H,8-9,11-12,14-15H2,1-2H3,(H,35,36)/t16?,20-/m0/s1. The fourth-order valence-corrected chi connectivity index (χ4v) is 6.08. The number of carbonyl (C=O) groups excluding carboxylic acids is 1. The molecule has 41 heavy (non-hydrogen) atoms. The number of rotatable bonds is 8. The van der Waals surface area contributed by atoms with E-state index in [1.165, 1.54) is 40.2 Å². The summed E-state index contributed by atoms with van der Waals surface area (Å²) in [6.07, 6.45) is 1.75. The zero-order valence-corrected chi connectivity index (χ0v) is 23.4. The van der Waals surface area contributed by atoms with Crippen molar-refractivity contribution in [2.75, 3.05) is 13.1 Å². The van der Waals surface area contributed by atoms with Crippen molar-refractivity contribution in [3.8, 4) is 11.5 Å². The Kier molecular flexibility index (Phi) is 8.08. The number of nitrogens with zero attached hydrogens (tertiary/aromatic N) is 4. The largest absolute Gasteiger partial charge is 0.481 e. The van der Waals surface area contributed by atoms with E-state index in [2.05, 4.69) is 4.98 Å². The highest BCUT2D eigenvalue weighted by Crippen LogP contribution is 2.36. The van der Waals surface area contributed by atoms with Crippen LogP contribution in [0.4, 0.5) is 4.79 Å². The summed E-state index contributed by atoms with van der Waals surface area (Å²) >= 11 is 1.20. The number of hydrogen-bond donors (Lipinski definition) is 2. The first-order valence-corrected chi connectivity index (χ1v) is 14.0.